The Kier molecular flexibility index (Phi) is 5.66. The molecule has 3 N–H and O–H groups in total. The fraction of sp³-hybridized carbons (Fsp3) is 0.818. The van der Waals surface area contributed by atoms with E-state index in [9.17, 15) is 9.59 Å². The molecule has 1 aliphatic rings. The van der Waals surface area contributed by atoms with Crippen LogP contribution in [0.4, 0.5) is 0 Å². The van der Waals surface area contributed by atoms with Crippen LogP contribution < -0.4 is 11.1 Å². The number of hydrogen-bond acceptors (Lipinski definition) is 3. The summed E-state index contributed by atoms with van der Waals surface area (Å²) in [7, 11) is 0. The topological polar surface area (TPSA) is 72.2 Å². The molecular weight excluding hydrogens is 224 g/mol. The molecule has 5 heteroatoms. The smallest absolute Gasteiger partial charge is 0.230 e. The second kappa shape index (κ2) is 6.78. The summed E-state index contributed by atoms with van der Waals surface area (Å²) >= 11 is 1.48. The van der Waals surface area contributed by atoms with E-state index in [-0.39, 0.29) is 23.8 Å². The first-order valence-electron chi connectivity index (χ1n) is 5.72. The van der Waals surface area contributed by atoms with Crippen LogP contribution in [0.25, 0.3) is 0 Å². The molecule has 0 aromatic rings. The molecule has 1 aliphatic carbocycles. The minimum absolute atomic E-state index is 0.00523. The molecule has 2 unspecified atom stereocenters. The van der Waals surface area contributed by atoms with Crippen molar-refractivity contribution < 1.29 is 9.59 Å². The van der Waals surface area contributed by atoms with Gasteiger partial charge in [-0.2, -0.15) is 11.8 Å². The molecular formula is C11H20N2O2S. The van der Waals surface area contributed by atoms with Crippen LogP contribution in [0.3, 0.4) is 0 Å². The third-order valence-corrected chi connectivity index (χ3v) is 3.55. The molecule has 92 valence electrons. The van der Waals surface area contributed by atoms with Gasteiger partial charge in [0.1, 0.15) is 0 Å². The molecule has 1 saturated carbocycles. The van der Waals surface area contributed by atoms with Crippen LogP contribution in [0, 0.1) is 5.92 Å². The fourth-order valence-electron chi connectivity index (χ4n) is 2.20. The van der Waals surface area contributed by atoms with E-state index in [1.54, 1.807) is 0 Å². The Labute approximate surface area is 101 Å². The molecule has 2 amide bonds. The van der Waals surface area contributed by atoms with E-state index in [1.807, 2.05) is 6.26 Å². The number of thioether (sulfide) groups is 1. The number of nitrogens with one attached hydrogen (secondary N) is 1. The van der Waals surface area contributed by atoms with Crippen LogP contribution in [0.15, 0.2) is 0 Å². The highest BCUT2D eigenvalue weighted by Gasteiger charge is 2.28. The lowest BCUT2D eigenvalue weighted by Crippen LogP contribution is -2.45. The quantitative estimate of drug-likeness (QED) is 0.722. The number of hydrogen-bond donors (Lipinski definition) is 2. The molecule has 0 spiro atoms. The van der Waals surface area contributed by atoms with E-state index in [0.29, 0.717) is 5.75 Å². The highest BCUT2D eigenvalue weighted by Crippen LogP contribution is 2.23. The summed E-state index contributed by atoms with van der Waals surface area (Å²) in [4.78, 5) is 22.8. The lowest BCUT2D eigenvalue weighted by Gasteiger charge is -2.23. The molecule has 1 fully saturated rings. The van der Waals surface area contributed by atoms with Gasteiger partial charge in [0.05, 0.1) is 11.7 Å². The number of carbonyl (C=O) groups excluding carboxylic acids is 2. The van der Waals surface area contributed by atoms with Crippen molar-refractivity contribution in [2.45, 2.75) is 38.1 Å². The molecule has 0 aromatic heterocycles. The first-order valence-corrected chi connectivity index (χ1v) is 7.12. The standard InChI is InChI=1S/C11H20N2O2S/c1-16-7-10(14)13-9-6-4-2-3-5-8(9)11(12)15/h8-9H,2-7H2,1H3,(H2,12,15)(H,13,14). The second-order valence-corrected chi connectivity index (χ2v) is 5.12. The van der Waals surface area contributed by atoms with Crippen molar-refractivity contribution in [3.63, 3.8) is 0 Å². The molecule has 4 nitrogen and oxygen atoms in total. The SMILES string of the molecule is CSCC(=O)NC1CCCCCC1C(N)=O. The molecule has 1 rings (SSSR count). The van der Waals surface area contributed by atoms with E-state index >= 15 is 0 Å². The molecule has 0 saturated heterocycles. The van der Waals surface area contributed by atoms with Gasteiger partial charge in [0.15, 0.2) is 0 Å². The number of rotatable bonds is 4. The normalized spacial score (nSPS) is 25.8. The van der Waals surface area contributed by atoms with Crippen molar-refractivity contribution >= 4 is 23.6 Å². The van der Waals surface area contributed by atoms with Crippen LogP contribution in [0.5, 0.6) is 0 Å². The summed E-state index contributed by atoms with van der Waals surface area (Å²) < 4.78 is 0. The summed E-state index contributed by atoms with van der Waals surface area (Å²) in [6.07, 6.45) is 6.78. The van der Waals surface area contributed by atoms with Crippen molar-refractivity contribution in [2.75, 3.05) is 12.0 Å². The van der Waals surface area contributed by atoms with E-state index in [2.05, 4.69) is 5.32 Å². The second-order valence-electron chi connectivity index (χ2n) is 4.25. The van der Waals surface area contributed by atoms with Crippen LogP contribution in [-0.4, -0.2) is 29.9 Å². The largest absolute Gasteiger partial charge is 0.369 e. The average Bonchev–Trinajstić information content (AvgIpc) is 2.43. The number of primary amides is 1. The number of carbonyl (C=O) groups is 2. The molecule has 16 heavy (non-hydrogen) atoms. The highest BCUT2D eigenvalue weighted by atomic mass is 32.2. The summed E-state index contributed by atoms with van der Waals surface area (Å²) in [6.45, 7) is 0. The van der Waals surface area contributed by atoms with Gasteiger partial charge in [0.25, 0.3) is 0 Å². The van der Waals surface area contributed by atoms with Gasteiger partial charge in [-0.3, -0.25) is 9.59 Å². The van der Waals surface area contributed by atoms with Crippen molar-refractivity contribution in [3.05, 3.63) is 0 Å². The van der Waals surface area contributed by atoms with Crippen LogP contribution in [0.2, 0.25) is 0 Å². The summed E-state index contributed by atoms with van der Waals surface area (Å²) in [6, 6.07) is -0.0559. The van der Waals surface area contributed by atoms with Gasteiger partial charge >= 0.3 is 0 Å². The predicted molar refractivity (Wildman–Crippen MR) is 66.1 cm³/mol. The van der Waals surface area contributed by atoms with Gasteiger partial charge in [-0.25, -0.2) is 0 Å². The third-order valence-electron chi connectivity index (χ3n) is 3.00. The van der Waals surface area contributed by atoms with Gasteiger partial charge in [-0.1, -0.05) is 19.3 Å². The summed E-state index contributed by atoms with van der Waals surface area (Å²) in [5.41, 5.74) is 5.38. The maximum Gasteiger partial charge on any atom is 0.230 e. The lowest BCUT2D eigenvalue weighted by molar-refractivity contribution is -0.124. The zero-order valence-corrected chi connectivity index (χ0v) is 10.5. The van der Waals surface area contributed by atoms with Crippen molar-refractivity contribution in [1.82, 2.24) is 5.32 Å². The Morgan fingerprint density at radius 1 is 1.31 bits per heavy atom. The maximum atomic E-state index is 11.5. The molecule has 0 heterocycles. The fourth-order valence-corrected chi connectivity index (χ4v) is 2.55. The summed E-state index contributed by atoms with van der Waals surface area (Å²) in [5.74, 6) is -0.0163. The Morgan fingerprint density at radius 2 is 2.00 bits per heavy atom. The van der Waals surface area contributed by atoms with E-state index in [0.717, 1.165) is 32.1 Å². The zero-order valence-electron chi connectivity index (χ0n) is 9.70. The van der Waals surface area contributed by atoms with Crippen molar-refractivity contribution in [1.29, 1.82) is 0 Å². The van der Waals surface area contributed by atoms with Crippen molar-refractivity contribution in [2.24, 2.45) is 11.7 Å². The minimum Gasteiger partial charge on any atom is -0.369 e. The monoisotopic (exact) mass is 244 g/mol. The van der Waals surface area contributed by atoms with E-state index in [4.69, 9.17) is 5.73 Å². The molecule has 0 radical (unpaired) electrons. The lowest BCUT2D eigenvalue weighted by atomic mass is 9.94. The number of nitrogens with two attached hydrogens (primary N) is 1. The van der Waals surface area contributed by atoms with Gasteiger partial charge < -0.3 is 11.1 Å². The molecule has 0 bridgehead atoms. The van der Waals surface area contributed by atoms with Gasteiger partial charge in [0, 0.05) is 6.04 Å². The van der Waals surface area contributed by atoms with Crippen LogP contribution in [-0.2, 0) is 9.59 Å². The van der Waals surface area contributed by atoms with E-state index < -0.39 is 0 Å². The Morgan fingerprint density at radius 3 is 2.62 bits per heavy atom. The van der Waals surface area contributed by atoms with Gasteiger partial charge in [0.2, 0.25) is 11.8 Å². The van der Waals surface area contributed by atoms with Crippen LogP contribution >= 0.6 is 11.8 Å². The van der Waals surface area contributed by atoms with Crippen molar-refractivity contribution in [3.8, 4) is 0 Å². The predicted octanol–water partition coefficient (Wildman–Crippen LogP) is 0.900. The maximum absolute atomic E-state index is 11.5. The third kappa shape index (κ3) is 4.04. The molecule has 2 atom stereocenters. The van der Waals surface area contributed by atoms with Crippen LogP contribution in [0.1, 0.15) is 32.1 Å². The summed E-state index contributed by atoms with van der Waals surface area (Å²) in [5, 5.41) is 2.93. The zero-order chi connectivity index (χ0) is 12.0. The Bertz CT molecular complexity index is 258. The Balaban J connectivity index is 2.57. The number of amides is 2. The van der Waals surface area contributed by atoms with Gasteiger partial charge in [-0.05, 0) is 19.1 Å². The first-order chi connectivity index (χ1) is 7.65. The first kappa shape index (κ1) is 13.4. The van der Waals surface area contributed by atoms with E-state index in [1.165, 1.54) is 11.8 Å². The Hall–Kier alpha value is -0.710. The van der Waals surface area contributed by atoms with Gasteiger partial charge in [-0.15, -0.1) is 0 Å². The minimum atomic E-state index is -0.281. The molecule has 0 aromatic carbocycles. The average molecular weight is 244 g/mol. The highest BCUT2D eigenvalue weighted by molar-refractivity contribution is 7.99. The molecule has 0 aliphatic heterocycles.